The van der Waals surface area contributed by atoms with Crippen LogP contribution in [0.3, 0.4) is 0 Å². The summed E-state index contributed by atoms with van der Waals surface area (Å²) in [6, 6.07) is 15.3. The zero-order chi connectivity index (χ0) is 16.9. The smallest absolute Gasteiger partial charge is 0.277 e. The molecule has 0 aliphatic rings. The highest BCUT2D eigenvalue weighted by atomic mass is 79.9. The first kappa shape index (κ1) is 16.7. The summed E-state index contributed by atoms with van der Waals surface area (Å²) in [6.45, 7) is -0.124. The lowest BCUT2D eigenvalue weighted by molar-refractivity contribution is -0.123. The van der Waals surface area contributed by atoms with E-state index >= 15 is 0 Å². The average Bonchev–Trinajstić information content (AvgIpc) is 2.91. The lowest BCUT2D eigenvalue weighted by Crippen LogP contribution is -2.24. The van der Waals surface area contributed by atoms with Crippen LogP contribution in [0.1, 0.15) is 5.76 Å². The first-order chi connectivity index (χ1) is 11.6. The Morgan fingerprint density at radius 1 is 1.17 bits per heavy atom. The number of ether oxygens (including phenoxy) is 1. The third-order valence-electron chi connectivity index (χ3n) is 3.14. The van der Waals surface area contributed by atoms with Gasteiger partial charge in [0, 0.05) is 6.07 Å². The lowest BCUT2D eigenvalue weighted by Gasteiger charge is -2.06. The van der Waals surface area contributed by atoms with Crippen LogP contribution in [0.4, 0.5) is 0 Å². The number of benzene rings is 2. The minimum absolute atomic E-state index is 0.124. The summed E-state index contributed by atoms with van der Waals surface area (Å²) in [5.74, 6) is 0.778. The molecule has 0 bridgehead atoms. The number of carbonyl (C=O) groups excluding carboxylic acids is 1. The summed E-state index contributed by atoms with van der Waals surface area (Å²) >= 11 is 6.52. The van der Waals surface area contributed by atoms with E-state index in [1.54, 1.807) is 6.07 Å². The topological polar surface area (TPSA) is 63.8 Å². The number of amides is 1. The van der Waals surface area contributed by atoms with Gasteiger partial charge in [0.25, 0.3) is 5.91 Å². The normalized spacial score (nSPS) is 11.1. The Balaban J connectivity index is 1.52. The van der Waals surface area contributed by atoms with Gasteiger partial charge in [0.1, 0.15) is 11.5 Å². The molecule has 7 heteroatoms. The molecule has 0 radical (unpaired) electrons. The summed E-state index contributed by atoms with van der Waals surface area (Å²) in [5, 5.41) is 6.00. The molecule has 3 rings (SSSR count). The molecule has 3 aromatic rings. The number of carbonyl (C=O) groups is 1. The zero-order valence-electron chi connectivity index (χ0n) is 12.3. The Hall–Kier alpha value is -2.12. The van der Waals surface area contributed by atoms with Crippen molar-refractivity contribution in [3.8, 4) is 5.75 Å². The third kappa shape index (κ3) is 4.24. The Labute approximate surface area is 154 Å². The van der Waals surface area contributed by atoms with Crippen LogP contribution in [0.5, 0.6) is 5.75 Å². The fourth-order valence-electron chi connectivity index (χ4n) is 2.03. The number of hydrazone groups is 1. The molecule has 24 heavy (non-hydrogen) atoms. The SMILES string of the molecule is O=C(COc1ccc2ccccc2c1)NN=Cc1cc(Br)c(Br)o1. The molecule has 1 heterocycles. The summed E-state index contributed by atoms with van der Waals surface area (Å²) in [5.41, 5.74) is 2.38. The van der Waals surface area contributed by atoms with Gasteiger partial charge in [-0.15, -0.1) is 0 Å². The van der Waals surface area contributed by atoms with Crippen molar-refractivity contribution >= 4 is 54.8 Å². The lowest BCUT2D eigenvalue weighted by atomic mass is 10.1. The second-order valence-electron chi connectivity index (χ2n) is 4.86. The van der Waals surface area contributed by atoms with E-state index in [1.807, 2.05) is 42.5 Å². The van der Waals surface area contributed by atoms with E-state index < -0.39 is 0 Å². The second kappa shape index (κ2) is 7.63. The molecule has 0 fully saturated rings. The number of halogens is 2. The molecule has 1 N–H and O–H groups in total. The van der Waals surface area contributed by atoms with Gasteiger partial charge in [0.15, 0.2) is 11.3 Å². The maximum absolute atomic E-state index is 11.7. The monoisotopic (exact) mass is 450 g/mol. The number of nitrogens with zero attached hydrogens (tertiary/aromatic N) is 1. The number of hydrogen-bond acceptors (Lipinski definition) is 4. The first-order valence-corrected chi connectivity index (χ1v) is 8.59. The van der Waals surface area contributed by atoms with Crippen molar-refractivity contribution in [3.05, 3.63) is 63.4 Å². The number of furan rings is 1. The predicted molar refractivity (Wildman–Crippen MR) is 99.3 cm³/mol. The molecular weight excluding hydrogens is 440 g/mol. The van der Waals surface area contributed by atoms with Crippen molar-refractivity contribution in [2.45, 2.75) is 0 Å². The Morgan fingerprint density at radius 3 is 2.71 bits per heavy atom. The molecule has 5 nitrogen and oxygen atoms in total. The molecule has 0 aliphatic carbocycles. The molecule has 0 saturated carbocycles. The quantitative estimate of drug-likeness (QED) is 0.459. The van der Waals surface area contributed by atoms with Crippen molar-refractivity contribution in [2.24, 2.45) is 5.10 Å². The zero-order valence-corrected chi connectivity index (χ0v) is 15.5. The Bertz CT molecular complexity index is 886. The highest BCUT2D eigenvalue weighted by Gasteiger charge is 2.05. The van der Waals surface area contributed by atoms with Gasteiger partial charge in [-0.1, -0.05) is 30.3 Å². The molecule has 0 spiro atoms. The molecule has 2 aromatic carbocycles. The first-order valence-electron chi connectivity index (χ1n) is 7.00. The summed E-state index contributed by atoms with van der Waals surface area (Å²) < 4.78 is 12.1. The molecule has 0 aliphatic heterocycles. The molecule has 0 atom stereocenters. The van der Waals surface area contributed by atoms with Crippen LogP contribution >= 0.6 is 31.9 Å². The highest BCUT2D eigenvalue weighted by Crippen LogP contribution is 2.25. The number of rotatable bonds is 5. The van der Waals surface area contributed by atoms with Gasteiger partial charge in [-0.3, -0.25) is 4.79 Å². The van der Waals surface area contributed by atoms with E-state index in [4.69, 9.17) is 9.15 Å². The predicted octanol–water partition coefficient (Wildman–Crippen LogP) is 4.49. The van der Waals surface area contributed by atoms with Crippen LogP contribution in [-0.2, 0) is 4.79 Å². The van der Waals surface area contributed by atoms with Crippen LogP contribution in [0.25, 0.3) is 10.8 Å². The Kier molecular flexibility index (Phi) is 5.32. The number of fused-ring (bicyclic) bond motifs is 1. The molecule has 0 saturated heterocycles. The molecule has 1 aromatic heterocycles. The van der Waals surface area contributed by atoms with Gasteiger partial charge >= 0.3 is 0 Å². The minimum atomic E-state index is -0.357. The van der Waals surface area contributed by atoms with E-state index in [1.165, 1.54) is 6.21 Å². The van der Waals surface area contributed by atoms with Crippen LogP contribution < -0.4 is 10.2 Å². The van der Waals surface area contributed by atoms with Gasteiger partial charge < -0.3 is 9.15 Å². The molecule has 1 amide bonds. The van der Waals surface area contributed by atoms with Gasteiger partial charge in [0.05, 0.1) is 10.7 Å². The number of nitrogens with one attached hydrogen (secondary N) is 1. The highest BCUT2D eigenvalue weighted by molar-refractivity contribution is 9.13. The maximum Gasteiger partial charge on any atom is 0.277 e. The summed E-state index contributed by atoms with van der Waals surface area (Å²) in [7, 11) is 0. The fraction of sp³-hybridized carbons (Fsp3) is 0.0588. The van der Waals surface area contributed by atoms with E-state index in [9.17, 15) is 4.79 Å². The van der Waals surface area contributed by atoms with Gasteiger partial charge in [-0.2, -0.15) is 5.10 Å². The summed E-state index contributed by atoms with van der Waals surface area (Å²) in [4.78, 5) is 11.7. The fourth-order valence-corrected chi connectivity index (χ4v) is 2.64. The van der Waals surface area contributed by atoms with Crippen LogP contribution in [-0.4, -0.2) is 18.7 Å². The second-order valence-corrected chi connectivity index (χ2v) is 6.44. The third-order valence-corrected chi connectivity index (χ3v) is 4.85. The van der Waals surface area contributed by atoms with Crippen LogP contribution in [0, 0.1) is 0 Å². The van der Waals surface area contributed by atoms with E-state index in [-0.39, 0.29) is 12.5 Å². The van der Waals surface area contributed by atoms with Gasteiger partial charge in [0.2, 0.25) is 0 Å². The minimum Gasteiger partial charge on any atom is -0.484 e. The molecular formula is C17H12Br2N2O3. The van der Waals surface area contributed by atoms with Gasteiger partial charge in [-0.25, -0.2) is 5.43 Å². The molecule has 0 unspecified atom stereocenters. The van der Waals surface area contributed by atoms with Crippen molar-refractivity contribution in [3.63, 3.8) is 0 Å². The van der Waals surface area contributed by atoms with E-state index in [0.717, 1.165) is 15.2 Å². The van der Waals surface area contributed by atoms with Crippen molar-refractivity contribution in [1.82, 2.24) is 5.43 Å². The summed E-state index contributed by atoms with van der Waals surface area (Å²) in [6.07, 6.45) is 1.41. The van der Waals surface area contributed by atoms with E-state index in [2.05, 4.69) is 42.4 Å². The van der Waals surface area contributed by atoms with E-state index in [0.29, 0.717) is 16.2 Å². The van der Waals surface area contributed by atoms with Crippen molar-refractivity contribution in [2.75, 3.05) is 6.61 Å². The largest absolute Gasteiger partial charge is 0.484 e. The van der Waals surface area contributed by atoms with Crippen LogP contribution in [0.2, 0.25) is 0 Å². The van der Waals surface area contributed by atoms with Crippen molar-refractivity contribution < 1.29 is 13.9 Å². The Morgan fingerprint density at radius 2 is 1.96 bits per heavy atom. The van der Waals surface area contributed by atoms with Crippen molar-refractivity contribution in [1.29, 1.82) is 0 Å². The maximum atomic E-state index is 11.7. The standard InChI is InChI=1S/C17H12Br2N2O3/c18-15-8-14(24-17(15)19)9-20-21-16(22)10-23-13-6-5-11-3-1-2-4-12(11)7-13/h1-9H,10H2,(H,21,22). The van der Waals surface area contributed by atoms with Crippen LogP contribution in [0.15, 0.2) is 67.2 Å². The molecule has 122 valence electrons. The number of hydrogen-bond donors (Lipinski definition) is 1. The average molecular weight is 452 g/mol. The van der Waals surface area contributed by atoms with Gasteiger partial charge in [-0.05, 0) is 54.8 Å².